The third-order valence-corrected chi connectivity index (χ3v) is 6.28. The number of methoxy groups -OCH3 is 4. The van der Waals surface area contributed by atoms with Gasteiger partial charge in [-0.1, -0.05) is 6.07 Å². The lowest BCUT2D eigenvalue weighted by atomic mass is 9.86. The van der Waals surface area contributed by atoms with Gasteiger partial charge in [-0.3, -0.25) is 0 Å². The lowest BCUT2D eigenvalue weighted by Crippen LogP contribution is -2.52. The minimum atomic E-state index is 0.187. The Hall–Kier alpha value is -2.73. The van der Waals surface area contributed by atoms with Crippen LogP contribution in [-0.4, -0.2) is 59.3 Å². The highest BCUT2D eigenvalue weighted by Crippen LogP contribution is 2.43. The monoisotopic (exact) mass is 414 g/mol. The van der Waals surface area contributed by atoms with Gasteiger partial charge in [0.1, 0.15) is 12.3 Å². The highest BCUT2D eigenvalue weighted by atomic mass is 16.5. The van der Waals surface area contributed by atoms with E-state index >= 15 is 0 Å². The van der Waals surface area contributed by atoms with Gasteiger partial charge in [0.05, 0.1) is 55.0 Å². The molecule has 0 radical (unpaired) electrons. The SMILES string of the molecule is COc1ccc(C[C@@H]2c3cc(OC)c(OC)cc3CC[N+]2(C)CCC=O)cc1OC. The molecule has 2 aromatic rings. The molecule has 0 N–H and O–H groups in total. The van der Waals surface area contributed by atoms with E-state index in [9.17, 15) is 4.79 Å². The molecule has 0 amide bonds. The minimum Gasteiger partial charge on any atom is -0.493 e. The number of carbonyl (C=O) groups excluding carboxylic acids is 1. The largest absolute Gasteiger partial charge is 0.493 e. The maximum absolute atomic E-state index is 11.2. The second kappa shape index (κ2) is 9.39. The van der Waals surface area contributed by atoms with Crippen molar-refractivity contribution in [3.63, 3.8) is 0 Å². The van der Waals surface area contributed by atoms with E-state index in [4.69, 9.17) is 18.9 Å². The van der Waals surface area contributed by atoms with E-state index in [0.717, 1.165) is 65.3 Å². The molecular formula is C24H32NO5+. The number of benzene rings is 2. The Kier molecular flexibility index (Phi) is 6.87. The predicted octanol–water partition coefficient (Wildman–Crippen LogP) is 3.60. The highest BCUT2D eigenvalue weighted by Gasteiger charge is 2.39. The Morgan fingerprint density at radius 3 is 2.20 bits per heavy atom. The summed E-state index contributed by atoms with van der Waals surface area (Å²) in [6.07, 6.45) is 3.31. The normalized spacial score (nSPS) is 20.2. The summed E-state index contributed by atoms with van der Waals surface area (Å²) in [4.78, 5) is 11.2. The quantitative estimate of drug-likeness (QED) is 0.464. The number of hydrogen-bond acceptors (Lipinski definition) is 5. The number of ether oxygens (including phenoxy) is 4. The van der Waals surface area contributed by atoms with Gasteiger partial charge in [0.2, 0.25) is 0 Å². The van der Waals surface area contributed by atoms with Gasteiger partial charge in [0, 0.05) is 18.4 Å². The fourth-order valence-corrected chi connectivity index (χ4v) is 4.51. The van der Waals surface area contributed by atoms with Gasteiger partial charge < -0.3 is 28.2 Å². The van der Waals surface area contributed by atoms with E-state index in [1.165, 1.54) is 11.1 Å². The molecule has 0 saturated carbocycles. The van der Waals surface area contributed by atoms with Crippen LogP contribution in [0.5, 0.6) is 23.0 Å². The molecule has 1 aliphatic heterocycles. The Bertz CT molecular complexity index is 897. The van der Waals surface area contributed by atoms with E-state index < -0.39 is 0 Å². The zero-order chi connectivity index (χ0) is 21.7. The average molecular weight is 415 g/mol. The fraction of sp³-hybridized carbons (Fsp3) is 0.458. The summed E-state index contributed by atoms with van der Waals surface area (Å²) in [5.41, 5.74) is 3.69. The van der Waals surface area contributed by atoms with E-state index in [2.05, 4.69) is 25.2 Å². The Balaban J connectivity index is 2.06. The van der Waals surface area contributed by atoms with Crippen LogP contribution < -0.4 is 18.9 Å². The first-order chi connectivity index (χ1) is 14.5. The standard InChI is InChI=1S/C24H32NO5/c1-25(10-6-12-26)11-9-18-15-23(29-4)24(30-5)16-19(18)20(25)13-17-7-8-21(27-2)22(14-17)28-3/h7-8,12,14-16,20H,6,9-11,13H2,1-5H3/q+1/t20-,25?/m1/s1. The molecule has 6 heteroatoms. The number of rotatable bonds is 9. The number of quaternary nitrogens is 1. The molecule has 1 unspecified atom stereocenters. The van der Waals surface area contributed by atoms with Crippen LogP contribution in [0.2, 0.25) is 0 Å². The topological polar surface area (TPSA) is 54.0 Å². The van der Waals surface area contributed by atoms with Crippen molar-refractivity contribution in [2.24, 2.45) is 0 Å². The number of likely N-dealkylation sites (N-methyl/N-ethyl adjacent to an activating group) is 1. The van der Waals surface area contributed by atoms with Crippen LogP contribution in [0, 0.1) is 0 Å². The summed E-state index contributed by atoms with van der Waals surface area (Å²) in [5.74, 6) is 2.93. The molecule has 2 aromatic carbocycles. The van der Waals surface area contributed by atoms with Gasteiger partial charge in [0.25, 0.3) is 0 Å². The van der Waals surface area contributed by atoms with Crippen molar-refractivity contribution < 1.29 is 28.2 Å². The molecule has 6 nitrogen and oxygen atoms in total. The van der Waals surface area contributed by atoms with Crippen LogP contribution in [0.1, 0.15) is 29.2 Å². The van der Waals surface area contributed by atoms with Crippen LogP contribution in [-0.2, 0) is 17.6 Å². The molecule has 0 fully saturated rings. The average Bonchev–Trinajstić information content (AvgIpc) is 2.78. The van der Waals surface area contributed by atoms with Gasteiger partial charge in [-0.15, -0.1) is 0 Å². The van der Waals surface area contributed by atoms with E-state index in [1.54, 1.807) is 28.4 Å². The van der Waals surface area contributed by atoms with Crippen LogP contribution in [0.25, 0.3) is 0 Å². The van der Waals surface area contributed by atoms with Crippen molar-refractivity contribution in [3.05, 3.63) is 47.0 Å². The Morgan fingerprint density at radius 1 is 0.933 bits per heavy atom. The summed E-state index contributed by atoms with van der Waals surface area (Å²) in [5, 5.41) is 0. The molecule has 162 valence electrons. The molecular weight excluding hydrogens is 382 g/mol. The van der Waals surface area contributed by atoms with Crippen molar-refractivity contribution in [2.45, 2.75) is 25.3 Å². The van der Waals surface area contributed by atoms with Crippen molar-refractivity contribution in [1.82, 2.24) is 0 Å². The van der Waals surface area contributed by atoms with Crippen LogP contribution in [0.4, 0.5) is 0 Å². The first-order valence-electron chi connectivity index (χ1n) is 10.2. The predicted molar refractivity (Wildman–Crippen MR) is 116 cm³/mol. The number of fused-ring (bicyclic) bond motifs is 1. The van der Waals surface area contributed by atoms with Crippen LogP contribution >= 0.6 is 0 Å². The Morgan fingerprint density at radius 2 is 1.57 bits per heavy atom. The second-order valence-corrected chi connectivity index (χ2v) is 7.95. The van der Waals surface area contributed by atoms with Gasteiger partial charge in [-0.2, -0.15) is 0 Å². The second-order valence-electron chi connectivity index (χ2n) is 7.95. The summed E-state index contributed by atoms with van der Waals surface area (Å²) in [7, 11) is 8.87. The maximum atomic E-state index is 11.2. The highest BCUT2D eigenvalue weighted by molar-refractivity contribution is 5.50. The van der Waals surface area contributed by atoms with Crippen LogP contribution in [0.3, 0.4) is 0 Å². The van der Waals surface area contributed by atoms with E-state index in [0.29, 0.717) is 6.42 Å². The maximum Gasteiger partial charge on any atom is 0.161 e. The molecule has 0 aromatic heterocycles. The summed E-state index contributed by atoms with van der Waals surface area (Å²) in [6, 6.07) is 10.5. The zero-order valence-corrected chi connectivity index (χ0v) is 18.6. The van der Waals surface area contributed by atoms with Crippen LogP contribution in [0.15, 0.2) is 30.3 Å². The third kappa shape index (κ3) is 4.24. The summed E-state index contributed by atoms with van der Waals surface area (Å²) >= 11 is 0. The first kappa shape index (κ1) is 22.0. The van der Waals surface area contributed by atoms with Gasteiger partial charge in [0.15, 0.2) is 23.0 Å². The van der Waals surface area contributed by atoms with Crippen molar-refractivity contribution >= 4 is 6.29 Å². The lowest BCUT2D eigenvalue weighted by molar-refractivity contribution is -0.940. The van der Waals surface area contributed by atoms with Gasteiger partial charge >= 0.3 is 0 Å². The molecule has 0 aliphatic carbocycles. The smallest absolute Gasteiger partial charge is 0.161 e. The van der Waals surface area contributed by atoms with E-state index in [1.807, 2.05) is 12.1 Å². The van der Waals surface area contributed by atoms with Crippen molar-refractivity contribution in [2.75, 3.05) is 48.6 Å². The third-order valence-electron chi connectivity index (χ3n) is 6.28. The molecule has 3 rings (SSSR count). The van der Waals surface area contributed by atoms with E-state index in [-0.39, 0.29) is 6.04 Å². The lowest BCUT2D eigenvalue weighted by Gasteiger charge is -2.46. The van der Waals surface area contributed by atoms with Crippen molar-refractivity contribution in [1.29, 1.82) is 0 Å². The molecule has 0 bridgehead atoms. The molecule has 0 saturated heterocycles. The number of nitrogens with zero attached hydrogens (tertiary/aromatic N) is 1. The molecule has 0 spiro atoms. The van der Waals surface area contributed by atoms with Crippen molar-refractivity contribution in [3.8, 4) is 23.0 Å². The summed E-state index contributed by atoms with van der Waals surface area (Å²) in [6.45, 7) is 1.77. The van der Waals surface area contributed by atoms with Gasteiger partial charge in [-0.25, -0.2) is 0 Å². The molecule has 1 heterocycles. The molecule has 2 atom stereocenters. The fourth-order valence-electron chi connectivity index (χ4n) is 4.51. The molecule has 30 heavy (non-hydrogen) atoms. The zero-order valence-electron chi connectivity index (χ0n) is 18.6. The number of carbonyl (C=O) groups is 1. The number of hydrogen-bond donors (Lipinski definition) is 0. The minimum absolute atomic E-state index is 0.187. The summed E-state index contributed by atoms with van der Waals surface area (Å²) < 4.78 is 22.8. The van der Waals surface area contributed by atoms with Gasteiger partial charge in [-0.05, 0) is 35.4 Å². The number of aldehydes is 1. The first-order valence-corrected chi connectivity index (χ1v) is 10.2. The Labute approximate surface area is 178 Å². The molecule has 1 aliphatic rings.